The SMILES string of the molecule is CCC1CCc2sc(C(=O)Nc3ccncc3)cc2C1. The maximum Gasteiger partial charge on any atom is 0.265 e. The van der Waals surface area contributed by atoms with Crippen LogP contribution in [0.15, 0.2) is 30.6 Å². The normalized spacial score (nSPS) is 17.6. The molecule has 0 aliphatic heterocycles. The summed E-state index contributed by atoms with van der Waals surface area (Å²) in [6, 6.07) is 5.69. The van der Waals surface area contributed by atoms with E-state index in [2.05, 4.69) is 23.3 Å². The van der Waals surface area contributed by atoms with Crippen LogP contribution in [0.25, 0.3) is 0 Å². The molecule has 3 nitrogen and oxygen atoms in total. The predicted molar refractivity (Wildman–Crippen MR) is 82.3 cm³/mol. The lowest BCUT2D eigenvalue weighted by atomic mass is 9.87. The monoisotopic (exact) mass is 286 g/mol. The van der Waals surface area contributed by atoms with Crippen molar-refractivity contribution in [1.29, 1.82) is 0 Å². The van der Waals surface area contributed by atoms with Crippen LogP contribution in [0.2, 0.25) is 0 Å². The van der Waals surface area contributed by atoms with Gasteiger partial charge in [-0.3, -0.25) is 9.78 Å². The second-order valence-corrected chi connectivity index (χ2v) is 6.40. The minimum atomic E-state index is -0.0105. The molecular weight excluding hydrogens is 268 g/mol. The number of anilines is 1. The first-order valence-corrected chi connectivity index (χ1v) is 7.91. The third-order valence-corrected chi connectivity index (χ3v) is 5.16. The Morgan fingerprint density at radius 3 is 3.00 bits per heavy atom. The number of aromatic nitrogens is 1. The van der Waals surface area contributed by atoms with Crippen LogP contribution in [-0.2, 0) is 12.8 Å². The lowest BCUT2D eigenvalue weighted by molar-refractivity contribution is 0.103. The van der Waals surface area contributed by atoms with Crippen molar-refractivity contribution in [1.82, 2.24) is 4.98 Å². The summed E-state index contributed by atoms with van der Waals surface area (Å²) in [6.45, 7) is 2.25. The molecule has 0 spiro atoms. The maximum absolute atomic E-state index is 12.3. The van der Waals surface area contributed by atoms with Gasteiger partial charge in [-0.2, -0.15) is 0 Å². The van der Waals surface area contributed by atoms with Crippen molar-refractivity contribution in [2.75, 3.05) is 5.32 Å². The van der Waals surface area contributed by atoms with Gasteiger partial charge in [-0.25, -0.2) is 0 Å². The molecule has 1 unspecified atom stereocenters. The summed E-state index contributed by atoms with van der Waals surface area (Å²) in [7, 11) is 0. The second-order valence-electron chi connectivity index (χ2n) is 5.27. The number of hydrogen-bond acceptors (Lipinski definition) is 3. The second kappa shape index (κ2) is 5.75. The lowest BCUT2D eigenvalue weighted by Crippen LogP contribution is -2.11. The molecule has 4 heteroatoms. The molecule has 2 heterocycles. The molecule has 2 aromatic rings. The van der Waals surface area contributed by atoms with Crippen LogP contribution in [0, 0.1) is 5.92 Å². The van der Waals surface area contributed by atoms with E-state index < -0.39 is 0 Å². The van der Waals surface area contributed by atoms with Gasteiger partial charge in [0.15, 0.2) is 0 Å². The molecule has 1 aliphatic rings. The summed E-state index contributed by atoms with van der Waals surface area (Å²) < 4.78 is 0. The van der Waals surface area contributed by atoms with E-state index in [1.165, 1.54) is 23.3 Å². The molecule has 0 fully saturated rings. The number of nitrogens with zero attached hydrogens (tertiary/aromatic N) is 1. The van der Waals surface area contributed by atoms with Crippen LogP contribution >= 0.6 is 11.3 Å². The smallest absolute Gasteiger partial charge is 0.265 e. The number of pyridine rings is 1. The van der Waals surface area contributed by atoms with Gasteiger partial charge in [0.05, 0.1) is 4.88 Å². The zero-order chi connectivity index (χ0) is 13.9. The number of amides is 1. The minimum absolute atomic E-state index is 0.0105. The highest BCUT2D eigenvalue weighted by atomic mass is 32.1. The first-order valence-electron chi connectivity index (χ1n) is 7.09. The molecule has 2 aromatic heterocycles. The van der Waals surface area contributed by atoms with Gasteiger partial charge in [-0.1, -0.05) is 13.3 Å². The van der Waals surface area contributed by atoms with Crippen molar-refractivity contribution in [3.63, 3.8) is 0 Å². The van der Waals surface area contributed by atoms with Crippen LogP contribution in [-0.4, -0.2) is 10.9 Å². The topological polar surface area (TPSA) is 42.0 Å². The summed E-state index contributed by atoms with van der Waals surface area (Å²) in [6.07, 6.45) is 8.11. The van der Waals surface area contributed by atoms with Crippen molar-refractivity contribution < 1.29 is 4.79 Å². The average Bonchev–Trinajstić information content (AvgIpc) is 2.91. The van der Waals surface area contributed by atoms with Crippen molar-refractivity contribution in [2.24, 2.45) is 5.92 Å². The quantitative estimate of drug-likeness (QED) is 0.929. The number of thiophene rings is 1. The standard InChI is InChI=1S/C16H18N2OS/c1-2-11-3-4-14-12(9-11)10-15(20-14)16(19)18-13-5-7-17-8-6-13/h5-8,10-11H,2-4,9H2,1H3,(H,17,18,19). The largest absolute Gasteiger partial charge is 0.321 e. The number of carbonyl (C=O) groups is 1. The summed E-state index contributed by atoms with van der Waals surface area (Å²) in [5.74, 6) is 0.775. The first-order chi connectivity index (χ1) is 9.76. The average molecular weight is 286 g/mol. The summed E-state index contributed by atoms with van der Waals surface area (Å²) >= 11 is 1.65. The Labute approximate surface area is 123 Å². The number of rotatable bonds is 3. The summed E-state index contributed by atoms with van der Waals surface area (Å²) in [5, 5.41) is 2.92. The molecule has 1 aliphatic carbocycles. The van der Waals surface area contributed by atoms with Gasteiger partial charge in [-0.05, 0) is 48.9 Å². The fourth-order valence-electron chi connectivity index (χ4n) is 2.69. The number of nitrogens with one attached hydrogen (secondary N) is 1. The number of fused-ring (bicyclic) bond motifs is 1. The van der Waals surface area contributed by atoms with Gasteiger partial charge in [0.2, 0.25) is 0 Å². The van der Waals surface area contributed by atoms with Crippen LogP contribution in [0.4, 0.5) is 5.69 Å². The Morgan fingerprint density at radius 1 is 1.45 bits per heavy atom. The van der Waals surface area contributed by atoms with Crippen molar-refractivity contribution in [2.45, 2.75) is 32.6 Å². The highest BCUT2D eigenvalue weighted by Crippen LogP contribution is 2.33. The van der Waals surface area contributed by atoms with E-state index in [0.29, 0.717) is 0 Å². The molecule has 104 valence electrons. The predicted octanol–water partition coefficient (Wildman–Crippen LogP) is 3.91. The third kappa shape index (κ3) is 2.75. The van der Waals surface area contributed by atoms with Crippen LogP contribution in [0.3, 0.4) is 0 Å². The number of carbonyl (C=O) groups excluding carboxylic acids is 1. The van der Waals surface area contributed by atoms with Gasteiger partial charge < -0.3 is 5.32 Å². The minimum Gasteiger partial charge on any atom is -0.321 e. The highest BCUT2D eigenvalue weighted by molar-refractivity contribution is 7.14. The Hall–Kier alpha value is -1.68. The van der Waals surface area contributed by atoms with E-state index >= 15 is 0 Å². The van der Waals surface area contributed by atoms with Gasteiger partial charge in [0.25, 0.3) is 5.91 Å². The molecule has 0 saturated heterocycles. The van der Waals surface area contributed by atoms with E-state index in [-0.39, 0.29) is 5.91 Å². The molecule has 20 heavy (non-hydrogen) atoms. The van der Waals surface area contributed by atoms with Crippen molar-refractivity contribution in [3.8, 4) is 0 Å². The van der Waals surface area contributed by atoms with Crippen LogP contribution in [0.1, 0.15) is 39.9 Å². The van der Waals surface area contributed by atoms with E-state index in [1.54, 1.807) is 35.9 Å². The van der Waals surface area contributed by atoms with E-state index in [9.17, 15) is 4.79 Å². The number of aryl methyl sites for hydroxylation is 1. The fraction of sp³-hybridized carbons (Fsp3) is 0.375. The maximum atomic E-state index is 12.3. The Balaban J connectivity index is 1.75. The highest BCUT2D eigenvalue weighted by Gasteiger charge is 2.22. The summed E-state index contributed by atoms with van der Waals surface area (Å²) in [4.78, 5) is 18.4. The Bertz CT molecular complexity index is 606. The van der Waals surface area contributed by atoms with E-state index in [1.807, 2.05) is 0 Å². The Morgan fingerprint density at radius 2 is 2.25 bits per heavy atom. The fourth-order valence-corrected chi connectivity index (χ4v) is 3.79. The summed E-state index contributed by atoms with van der Waals surface area (Å²) in [5.41, 5.74) is 2.18. The van der Waals surface area contributed by atoms with Gasteiger partial charge in [0.1, 0.15) is 0 Å². The molecule has 1 amide bonds. The number of hydrogen-bond donors (Lipinski definition) is 1. The Kier molecular flexibility index (Phi) is 3.83. The molecule has 1 N–H and O–H groups in total. The van der Waals surface area contributed by atoms with Crippen LogP contribution in [0.5, 0.6) is 0 Å². The van der Waals surface area contributed by atoms with E-state index in [0.717, 1.165) is 29.3 Å². The first kappa shape index (κ1) is 13.3. The van der Waals surface area contributed by atoms with E-state index in [4.69, 9.17) is 0 Å². The van der Waals surface area contributed by atoms with Gasteiger partial charge in [0, 0.05) is 23.0 Å². The van der Waals surface area contributed by atoms with Crippen LogP contribution < -0.4 is 5.32 Å². The zero-order valence-corrected chi connectivity index (χ0v) is 12.4. The van der Waals surface area contributed by atoms with Gasteiger partial charge in [-0.15, -0.1) is 11.3 Å². The lowest BCUT2D eigenvalue weighted by Gasteiger charge is -2.19. The molecule has 0 bridgehead atoms. The molecule has 0 radical (unpaired) electrons. The molecule has 3 rings (SSSR count). The van der Waals surface area contributed by atoms with Crippen molar-refractivity contribution in [3.05, 3.63) is 45.9 Å². The molecular formula is C16H18N2OS. The van der Waals surface area contributed by atoms with Crippen molar-refractivity contribution >= 4 is 22.9 Å². The molecule has 0 saturated carbocycles. The van der Waals surface area contributed by atoms with Gasteiger partial charge >= 0.3 is 0 Å². The zero-order valence-electron chi connectivity index (χ0n) is 11.6. The molecule has 1 atom stereocenters. The molecule has 0 aromatic carbocycles. The third-order valence-electron chi connectivity index (χ3n) is 3.92.